The number of fused-ring (bicyclic) bond motifs is 2. The monoisotopic (exact) mass is 570 g/mol. The zero-order valence-corrected chi connectivity index (χ0v) is 23.2. The van der Waals surface area contributed by atoms with E-state index in [1.165, 1.54) is 28.7 Å². The van der Waals surface area contributed by atoms with Crippen molar-refractivity contribution in [3.8, 4) is 0 Å². The Hall–Kier alpha value is -4.22. The zero-order valence-electron chi connectivity index (χ0n) is 22.4. The third kappa shape index (κ3) is 5.18. The molecule has 0 bridgehead atoms. The summed E-state index contributed by atoms with van der Waals surface area (Å²) in [6.07, 6.45) is 6.78. The molecule has 0 radical (unpaired) electrons. The molecule has 3 aliphatic rings. The van der Waals surface area contributed by atoms with Gasteiger partial charge in [0.05, 0.1) is 10.9 Å². The van der Waals surface area contributed by atoms with Crippen molar-refractivity contribution in [2.75, 3.05) is 13.1 Å². The van der Waals surface area contributed by atoms with Gasteiger partial charge in [0.25, 0.3) is 11.5 Å². The smallest absolute Gasteiger partial charge is 0.266 e. The number of piperidine rings is 2. The summed E-state index contributed by atoms with van der Waals surface area (Å²) in [7, 11) is 0. The number of hydrogen-bond acceptors (Lipinski definition) is 8. The molecule has 11 heteroatoms. The summed E-state index contributed by atoms with van der Waals surface area (Å²) in [5.41, 5.74) is 9.66. The van der Waals surface area contributed by atoms with E-state index in [0.717, 1.165) is 43.6 Å². The first kappa shape index (κ1) is 27.0. The second-order valence-electron chi connectivity index (χ2n) is 10.8. The van der Waals surface area contributed by atoms with Gasteiger partial charge >= 0.3 is 0 Å². The lowest BCUT2D eigenvalue weighted by molar-refractivity contribution is -0.136. The predicted molar refractivity (Wildman–Crippen MR) is 157 cm³/mol. The molecule has 1 aromatic heterocycles. The first-order valence-corrected chi connectivity index (χ1v) is 14.2. The topological polar surface area (TPSA) is 131 Å². The number of nitrogens with one attached hydrogen (secondary N) is 1. The number of nitrogens with zero attached hydrogens (tertiary/aromatic N) is 4. The van der Waals surface area contributed by atoms with Gasteiger partial charge in [0.2, 0.25) is 11.8 Å². The Kier molecular flexibility index (Phi) is 7.22. The van der Waals surface area contributed by atoms with E-state index >= 15 is 0 Å². The maximum Gasteiger partial charge on any atom is 0.266 e. The lowest BCUT2D eigenvalue weighted by atomic mass is 9.87. The Bertz CT molecular complexity index is 1670. The molecule has 0 saturated carbocycles. The highest BCUT2D eigenvalue weighted by Crippen LogP contribution is 2.34. The third-order valence-corrected chi connectivity index (χ3v) is 8.64. The second kappa shape index (κ2) is 11.0. The van der Waals surface area contributed by atoms with E-state index in [-0.39, 0.29) is 23.8 Å². The highest BCUT2D eigenvalue weighted by atomic mass is 32.1. The molecule has 210 valence electrons. The van der Waals surface area contributed by atoms with Gasteiger partial charge in [0, 0.05) is 25.1 Å². The Morgan fingerprint density at radius 1 is 1.07 bits per heavy atom. The summed E-state index contributed by atoms with van der Waals surface area (Å²) >= 11 is 5.26. The number of carbonyl (C=O) groups is 3. The van der Waals surface area contributed by atoms with Crippen LogP contribution in [0.3, 0.4) is 0 Å². The quantitative estimate of drug-likeness (QED) is 0.271. The Morgan fingerprint density at radius 3 is 2.63 bits per heavy atom. The number of thiocarbonyl (C=S) groups is 1. The van der Waals surface area contributed by atoms with Gasteiger partial charge in [-0.15, -0.1) is 0 Å². The lowest BCUT2D eigenvalue weighted by Gasteiger charge is -2.32. The molecule has 10 nitrogen and oxygen atoms in total. The number of hydrogen-bond donors (Lipinski definition) is 2. The predicted octanol–water partition coefficient (Wildman–Crippen LogP) is 2.19. The molecular formula is C30H30N6O4S. The van der Waals surface area contributed by atoms with Crippen LogP contribution in [0.1, 0.15) is 58.6 Å². The van der Waals surface area contributed by atoms with Crippen LogP contribution in [0.2, 0.25) is 0 Å². The molecule has 1 atom stereocenters. The molecule has 2 saturated heterocycles. The van der Waals surface area contributed by atoms with E-state index in [1.807, 2.05) is 30.3 Å². The summed E-state index contributed by atoms with van der Waals surface area (Å²) in [5, 5.41) is 2.87. The summed E-state index contributed by atoms with van der Waals surface area (Å²) < 4.78 is 1.32. The van der Waals surface area contributed by atoms with Gasteiger partial charge in [0.1, 0.15) is 17.4 Å². The van der Waals surface area contributed by atoms with Gasteiger partial charge in [-0.2, -0.15) is 0 Å². The highest BCUT2D eigenvalue weighted by Gasteiger charge is 2.39. The number of benzene rings is 2. The Morgan fingerprint density at radius 2 is 1.88 bits per heavy atom. The molecule has 2 fully saturated rings. The molecule has 6 rings (SSSR count). The fourth-order valence-corrected chi connectivity index (χ4v) is 6.33. The average molecular weight is 571 g/mol. The highest BCUT2D eigenvalue weighted by molar-refractivity contribution is 7.80. The summed E-state index contributed by atoms with van der Waals surface area (Å²) in [6, 6.07) is 11.2. The zero-order chi connectivity index (χ0) is 28.7. The number of imide groups is 1. The van der Waals surface area contributed by atoms with Crippen molar-refractivity contribution in [2.24, 2.45) is 5.73 Å². The van der Waals surface area contributed by atoms with Crippen LogP contribution >= 0.6 is 12.2 Å². The van der Waals surface area contributed by atoms with Crippen molar-refractivity contribution in [3.63, 3.8) is 0 Å². The van der Waals surface area contributed by atoms with Crippen LogP contribution in [-0.4, -0.2) is 61.2 Å². The molecule has 3 N–H and O–H groups in total. The van der Waals surface area contributed by atoms with Crippen molar-refractivity contribution in [3.05, 3.63) is 87.6 Å². The van der Waals surface area contributed by atoms with E-state index in [2.05, 4.69) is 21.3 Å². The molecular weight excluding hydrogens is 540 g/mol. The van der Waals surface area contributed by atoms with E-state index in [0.29, 0.717) is 40.3 Å². The van der Waals surface area contributed by atoms with E-state index in [4.69, 9.17) is 18.0 Å². The van der Waals surface area contributed by atoms with Crippen LogP contribution in [0, 0.1) is 0 Å². The van der Waals surface area contributed by atoms with Crippen LogP contribution in [0.5, 0.6) is 0 Å². The van der Waals surface area contributed by atoms with Gasteiger partial charge in [-0.25, -0.2) is 4.98 Å². The Labute approximate surface area is 241 Å². The number of carbonyl (C=O) groups excluding carboxylic acids is 3. The molecule has 3 aliphatic heterocycles. The van der Waals surface area contributed by atoms with E-state index < -0.39 is 11.9 Å². The molecule has 41 heavy (non-hydrogen) atoms. The number of allylic oxidation sites excluding steroid dienone is 1. The lowest BCUT2D eigenvalue weighted by Crippen LogP contribution is -2.52. The van der Waals surface area contributed by atoms with Crippen molar-refractivity contribution >= 4 is 45.8 Å². The molecule has 3 aromatic rings. The fourth-order valence-electron chi connectivity index (χ4n) is 6.12. The summed E-state index contributed by atoms with van der Waals surface area (Å²) in [5.74, 6) is -0.451. The normalized spacial score (nSPS) is 20.1. The average Bonchev–Trinajstić information content (AvgIpc) is 3.29. The maximum atomic E-state index is 13.0. The van der Waals surface area contributed by atoms with E-state index in [1.54, 1.807) is 4.90 Å². The van der Waals surface area contributed by atoms with Gasteiger partial charge in [-0.3, -0.25) is 34.0 Å². The van der Waals surface area contributed by atoms with Crippen molar-refractivity contribution in [1.29, 1.82) is 0 Å². The second-order valence-corrected chi connectivity index (χ2v) is 11.3. The van der Waals surface area contributed by atoms with Gasteiger partial charge < -0.3 is 10.6 Å². The number of amides is 3. The van der Waals surface area contributed by atoms with E-state index in [9.17, 15) is 19.2 Å². The minimum Gasteiger partial charge on any atom is -0.405 e. The molecule has 0 spiro atoms. The fraction of sp³-hybridized carbons (Fsp3) is 0.333. The van der Waals surface area contributed by atoms with Crippen LogP contribution in [0.25, 0.3) is 10.9 Å². The largest absolute Gasteiger partial charge is 0.405 e. The van der Waals surface area contributed by atoms with Crippen molar-refractivity contribution in [1.82, 2.24) is 24.7 Å². The number of nitrogens with two attached hydrogens (primary N) is 1. The van der Waals surface area contributed by atoms with Crippen LogP contribution in [-0.2, 0) is 22.7 Å². The number of rotatable bonds is 5. The molecule has 3 amide bonds. The first-order valence-electron chi connectivity index (χ1n) is 13.7. The van der Waals surface area contributed by atoms with Gasteiger partial charge in [-0.05, 0) is 85.4 Å². The molecule has 2 aromatic carbocycles. The van der Waals surface area contributed by atoms with Crippen LogP contribution in [0.15, 0.2) is 59.8 Å². The summed E-state index contributed by atoms with van der Waals surface area (Å²) in [4.78, 5) is 58.6. The maximum absolute atomic E-state index is 13.0. The standard InChI is InChI=1S/C30H30N6O4S/c31-10-7-27(41)36-17-32-24-4-1-18(13-23(24)30(36)40)15-34-11-8-19(9-12-34)20-2-3-22-21(14-20)16-35(29(22)39)25-5-6-26(37)33-28(25)38/h1-4,7,10,13-14,17,19,25H,5-6,8-9,11-12,15-16,31H2,(H,33,37,38)/b10-7-. The van der Waals surface area contributed by atoms with Gasteiger partial charge in [-0.1, -0.05) is 30.4 Å². The van der Waals surface area contributed by atoms with Crippen LogP contribution in [0.4, 0.5) is 0 Å². The number of aromatic nitrogens is 2. The third-order valence-electron chi connectivity index (χ3n) is 8.31. The minimum atomic E-state index is -0.604. The molecule has 4 heterocycles. The molecule has 0 aliphatic carbocycles. The molecule has 1 unspecified atom stereocenters. The summed E-state index contributed by atoms with van der Waals surface area (Å²) in [6.45, 7) is 2.93. The van der Waals surface area contributed by atoms with Crippen molar-refractivity contribution in [2.45, 2.75) is 50.7 Å². The Balaban J connectivity index is 1.11. The van der Waals surface area contributed by atoms with Gasteiger partial charge in [0.15, 0.2) is 0 Å². The first-order chi connectivity index (χ1) is 19.8. The SMILES string of the molecule is N/C=C\C(=S)n1cnc2ccc(CN3CCC(c4ccc5c(c4)CN(C4CCC(=O)NC4=O)C5=O)CC3)cc2c1=O. The number of likely N-dealkylation sites (tertiary alicyclic amines) is 1. The van der Waals surface area contributed by atoms with Crippen LogP contribution < -0.4 is 16.6 Å². The van der Waals surface area contributed by atoms with Crippen molar-refractivity contribution < 1.29 is 14.4 Å². The minimum absolute atomic E-state index is 0.147.